The van der Waals surface area contributed by atoms with Crippen molar-refractivity contribution in [1.82, 2.24) is 9.62 Å². The predicted octanol–water partition coefficient (Wildman–Crippen LogP) is 0.164. The van der Waals surface area contributed by atoms with Gasteiger partial charge < -0.3 is 11.1 Å². The average Bonchev–Trinajstić information content (AvgIpc) is 2.64. The maximum absolute atomic E-state index is 12.7. The van der Waals surface area contributed by atoms with Gasteiger partial charge in [0.1, 0.15) is 0 Å². The fourth-order valence-electron chi connectivity index (χ4n) is 3.53. The highest BCUT2D eigenvalue weighted by atomic mass is 32.2. The summed E-state index contributed by atoms with van der Waals surface area (Å²) in [6.07, 6.45) is 3.39. The van der Waals surface area contributed by atoms with Gasteiger partial charge >= 0.3 is 0 Å². The van der Waals surface area contributed by atoms with Crippen LogP contribution in [-0.2, 0) is 22.0 Å². The van der Waals surface area contributed by atoms with Crippen molar-refractivity contribution >= 4 is 35.3 Å². The summed E-state index contributed by atoms with van der Waals surface area (Å²) in [5.74, 6) is -0.453. The molecule has 1 saturated heterocycles. The lowest BCUT2D eigenvalue weighted by molar-refractivity contribution is 0.266. The Balaban J connectivity index is 2.19. The number of rotatable bonds is 0. The SMILES string of the molecule is BC(=O)N=C1N[C@@]2(CCCCc3ccc(N)cc32)CS(=O)(=O)N1C. The van der Waals surface area contributed by atoms with Crippen LogP contribution in [0.1, 0.15) is 30.4 Å². The van der Waals surface area contributed by atoms with Gasteiger partial charge in [0.2, 0.25) is 23.8 Å². The zero-order valence-corrected chi connectivity index (χ0v) is 14.7. The molecule has 9 heteroatoms. The minimum absolute atomic E-state index is 0.0732. The predicted molar refractivity (Wildman–Crippen MR) is 96.1 cm³/mol. The van der Waals surface area contributed by atoms with E-state index in [1.165, 1.54) is 14.9 Å². The van der Waals surface area contributed by atoms with Crippen molar-refractivity contribution in [2.24, 2.45) is 4.99 Å². The van der Waals surface area contributed by atoms with E-state index in [-0.39, 0.29) is 11.7 Å². The third kappa shape index (κ3) is 2.88. The highest BCUT2D eigenvalue weighted by Gasteiger charge is 2.47. The highest BCUT2D eigenvalue weighted by molar-refractivity contribution is 7.89. The first-order chi connectivity index (χ1) is 11.2. The lowest BCUT2D eigenvalue weighted by Gasteiger charge is -2.43. The van der Waals surface area contributed by atoms with Crippen LogP contribution in [0.4, 0.5) is 10.5 Å². The van der Waals surface area contributed by atoms with Crippen LogP contribution in [0.2, 0.25) is 0 Å². The van der Waals surface area contributed by atoms with Crippen LogP contribution in [0.15, 0.2) is 23.2 Å². The normalized spacial score (nSPS) is 27.4. The summed E-state index contributed by atoms with van der Waals surface area (Å²) in [5.41, 5.74) is 7.74. The molecule has 0 unspecified atom stereocenters. The van der Waals surface area contributed by atoms with Gasteiger partial charge in [-0.15, -0.1) is 0 Å². The Bertz CT molecular complexity index is 824. The maximum Gasteiger partial charge on any atom is 0.239 e. The summed E-state index contributed by atoms with van der Waals surface area (Å²) in [6.45, 7) is 0. The molecule has 24 heavy (non-hydrogen) atoms. The molecule has 2 aliphatic rings. The standard InChI is InChI=1S/C15H21BN4O3S/c1-20-14(18-13(16)21)19-15(9-24(20,22)23)7-3-2-4-10-5-6-11(17)8-12(10)15/h5-6,8H,2-4,7,9,16-17H2,1H3,(H,18,19,21)/t15-/m0/s1. The molecule has 0 bridgehead atoms. The number of carbonyl (C=O) groups excluding carboxylic acids is 1. The minimum atomic E-state index is -3.59. The zero-order valence-electron chi connectivity index (χ0n) is 13.9. The molecule has 1 aromatic carbocycles. The Morgan fingerprint density at radius 1 is 1.42 bits per heavy atom. The molecular weight excluding hydrogens is 327 g/mol. The Morgan fingerprint density at radius 3 is 2.88 bits per heavy atom. The number of hydrogen-bond acceptors (Lipinski definition) is 4. The zero-order chi connectivity index (χ0) is 17.5. The number of nitrogen functional groups attached to an aromatic ring is 1. The summed E-state index contributed by atoms with van der Waals surface area (Å²) in [5, 5.41) is 3.25. The second-order valence-electron chi connectivity index (χ2n) is 6.51. The quantitative estimate of drug-likeness (QED) is 0.513. The minimum Gasteiger partial charge on any atom is -0.399 e. The molecule has 7 nitrogen and oxygen atoms in total. The number of carbonyl (C=O) groups is 1. The molecule has 1 aliphatic heterocycles. The summed E-state index contributed by atoms with van der Waals surface area (Å²) in [7, 11) is -0.877. The molecule has 1 aliphatic carbocycles. The molecule has 0 radical (unpaired) electrons. The monoisotopic (exact) mass is 348 g/mol. The van der Waals surface area contributed by atoms with Crippen LogP contribution in [0.3, 0.4) is 0 Å². The highest BCUT2D eigenvalue weighted by Crippen LogP contribution is 2.39. The van der Waals surface area contributed by atoms with Crippen molar-refractivity contribution in [3.63, 3.8) is 0 Å². The van der Waals surface area contributed by atoms with Crippen LogP contribution >= 0.6 is 0 Å². The number of aryl methyl sites for hydroxylation is 1. The number of amides is 1. The van der Waals surface area contributed by atoms with E-state index in [2.05, 4.69) is 10.3 Å². The first kappa shape index (κ1) is 16.8. The van der Waals surface area contributed by atoms with E-state index >= 15 is 0 Å². The molecule has 1 fully saturated rings. The van der Waals surface area contributed by atoms with Crippen LogP contribution in [0.25, 0.3) is 0 Å². The second kappa shape index (κ2) is 5.80. The fourth-order valence-corrected chi connectivity index (χ4v) is 5.07. The largest absolute Gasteiger partial charge is 0.399 e. The number of sulfonamides is 1. The maximum atomic E-state index is 12.7. The Kier molecular flexibility index (Phi) is 4.07. The number of hydrogen-bond donors (Lipinski definition) is 2. The molecule has 128 valence electrons. The Hall–Kier alpha value is -2.03. The summed E-state index contributed by atoms with van der Waals surface area (Å²) >= 11 is 0. The van der Waals surface area contributed by atoms with Gasteiger partial charge in [0.25, 0.3) is 0 Å². The number of anilines is 1. The summed E-state index contributed by atoms with van der Waals surface area (Å²) < 4.78 is 26.5. The third-order valence-corrected chi connectivity index (χ3v) is 6.57. The molecule has 3 N–H and O–H groups in total. The number of nitrogens with one attached hydrogen (secondary N) is 1. The first-order valence-corrected chi connectivity index (χ1v) is 9.57. The lowest BCUT2D eigenvalue weighted by Crippen LogP contribution is -2.62. The Labute approximate surface area is 142 Å². The Morgan fingerprint density at radius 2 is 2.17 bits per heavy atom. The van der Waals surface area contributed by atoms with Crippen molar-refractivity contribution < 1.29 is 13.2 Å². The number of nitrogens with zero attached hydrogens (tertiary/aromatic N) is 2. The average molecular weight is 348 g/mol. The molecule has 0 aromatic heterocycles. The van der Waals surface area contributed by atoms with Crippen molar-refractivity contribution in [3.8, 4) is 0 Å². The second-order valence-corrected chi connectivity index (χ2v) is 8.51. The molecule has 3 rings (SSSR count). The van der Waals surface area contributed by atoms with Gasteiger partial charge in [-0.05, 0) is 42.5 Å². The van der Waals surface area contributed by atoms with Crippen LogP contribution in [0, 0.1) is 0 Å². The third-order valence-electron chi connectivity index (χ3n) is 4.71. The van der Waals surface area contributed by atoms with E-state index in [9.17, 15) is 13.2 Å². The van der Waals surface area contributed by atoms with Gasteiger partial charge in [0.05, 0.1) is 11.3 Å². The van der Waals surface area contributed by atoms with E-state index in [0.29, 0.717) is 12.1 Å². The summed E-state index contributed by atoms with van der Waals surface area (Å²) in [6, 6.07) is 5.65. The van der Waals surface area contributed by atoms with Crippen molar-refractivity contribution in [2.45, 2.75) is 31.2 Å². The van der Waals surface area contributed by atoms with E-state index in [0.717, 1.165) is 34.7 Å². The van der Waals surface area contributed by atoms with E-state index < -0.39 is 21.4 Å². The smallest absolute Gasteiger partial charge is 0.239 e. The van der Waals surface area contributed by atoms with Gasteiger partial charge in [0.15, 0.2) is 5.81 Å². The van der Waals surface area contributed by atoms with E-state index in [1.807, 2.05) is 18.2 Å². The number of benzene rings is 1. The van der Waals surface area contributed by atoms with Crippen LogP contribution in [0.5, 0.6) is 0 Å². The molecule has 1 aromatic rings. The molecular formula is C15H21BN4O3S. The molecule has 1 spiro atoms. The number of nitrogens with two attached hydrogens (primary N) is 1. The van der Waals surface area contributed by atoms with Gasteiger partial charge in [0, 0.05) is 12.7 Å². The molecule has 1 amide bonds. The number of fused-ring (bicyclic) bond motifs is 2. The lowest BCUT2D eigenvalue weighted by atomic mass is 9.85. The van der Waals surface area contributed by atoms with Crippen molar-refractivity contribution in [1.29, 1.82) is 0 Å². The molecule has 1 heterocycles. The molecule has 1 atom stereocenters. The fraction of sp³-hybridized carbons (Fsp3) is 0.467. The van der Waals surface area contributed by atoms with Crippen LogP contribution < -0.4 is 11.1 Å². The van der Waals surface area contributed by atoms with Gasteiger partial charge in [-0.25, -0.2) is 12.7 Å². The number of guanidine groups is 1. The van der Waals surface area contributed by atoms with Crippen molar-refractivity contribution in [2.75, 3.05) is 18.5 Å². The van der Waals surface area contributed by atoms with E-state index in [1.54, 1.807) is 0 Å². The van der Waals surface area contributed by atoms with Crippen molar-refractivity contribution in [3.05, 3.63) is 29.3 Å². The number of aliphatic imine (C=N–C) groups is 1. The molecule has 0 saturated carbocycles. The topological polar surface area (TPSA) is 105 Å². The van der Waals surface area contributed by atoms with Gasteiger partial charge in [-0.2, -0.15) is 4.99 Å². The first-order valence-electron chi connectivity index (χ1n) is 7.96. The van der Waals surface area contributed by atoms with Gasteiger partial charge in [-0.3, -0.25) is 4.79 Å². The van der Waals surface area contributed by atoms with Gasteiger partial charge in [-0.1, -0.05) is 12.5 Å². The summed E-state index contributed by atoms with van der Waals surface area (Å²) in [4.78, 5) is 15.3. The van der Waals surface area contributed by atoms with E-state index in [4.69, 9.17) is 5.73 Å². The van der Waals surface area contributed by atoms with Crippen LogP contribution in [-0.4, -0.2) is 45.1 Å².